The van der Waals surface area contributed by atoms with Gasteiger partial charge in [-0.25, -0.2) is 4.98 Å². The Morgan fingerprint density at radius 1 is 1.15 bits per heavy atom. The van der Waals surface area contributed by atoms with Gasteiger partial charge in [-0.2, -0.15) is 0 Å². The van der Waals surface area contributed by atoms with Crippen molar-refractivity contribution in [2.24, 2.45) is 0 Å². The molecule has 2 heterocycles. The first-order valence-corrected chi connectivity index (χ1v) is 10.9. The highest BCUT2D eigenvalue weighted by atomic mass is 35.5. The minimum Gasteiger partial charge on any atom is -0.444 e. The van der Waals surface area contributed by atoms with Gasteiger partial charge in [0.1, 0.15) is 6.26 Å². The van der Waals surface area contributed by atoms with E-state index in [0.29, 0.717) is 22.7 Å². The third kappa shape index (κ3) is 4.58. The zero-order chi connectivity index (χ0) is 17.8. The number of thioether (sulfide) groups is 1. The Hall–Kier alpha value is -1.57. The van der Waals surface area contributed by atoms with Gasteiger partial charge in [-0.15, -0.1) is 10.2 Å². The van der Waals surface area contributed by atoms with Crippen molar-refractivity contribution in [3.8, 4) is 11.5 Å². The third-order valence-corrected chi connectivity index (χ3v) is 6.60. The fourth-order valence-electron chi connectivity index (χ4n) is 2.98. The molecule has 1 aliphatic rings. The van der Waals surface area contributed by atoms with E-state index in [9.17, 15) is 0 Å². The molecule has 0 bridgehead atoms. The molecule has 0 atom stereocenters. The molecule has 1 fully saturated rings. The molecule has 0 unspecified atom stereocenters. The Kier molecular flexibility index (Phi) is 5.77. The van der Waals surface area contributed by atoms with Crippen LogP contribution in [0.5, 0.6) is 0 Å². The molecule has 1 saturated carbocycles. The summed E-state index contributed by atoms with van der Waals surface area (Å²) in [6.07, 6.45) is 8.12. The van der Waals surface area contributed by atoms with Crippen molar-refractivity contribution in [3.63, 3.8) is 0 Å². The van der Waals surface area contributed by atoms with Crippen molar-refractivity contribution >= 4 is 39.8 Å². The Balaban J connectivity index is 1.32. The van der Waals surface area contributed by atoms with Gasteiger partial charge in [-0.1, -0.05) is 54.0 Å². The van der Waals surface area contributed by atoms with E-state index in [2.05, 4.69) is 20.5 Å². The molecular weight excluding hydrogens is 388 g/mol. The van der Waals surface area contributed by atoms with Crippen LogP contribution in [-0.2, 0) is 5.75 Å². The lowest BCUT2D eigenvalue weighted by atomic mass is 9.96. The van der Waals surface area contributed by atoms with Crippen LogP contribution >= 0.6 is 34.7 Å². The van der Waals surface area contributed by atoms with Crippen LogP contribution in [0.1, 0.15) is 37.8 Å². The van der Waals surface area contributed by atoms with E-state index in [1.165, 1.54) is 32.1 Å². The number of nitrogens with zero attached hydrogens (tertiary/aromatic N) is 3. The molecule has 1 aliphatic carbocycles. The van der Waals surface area contributed by atoms with Gasteiger partial charge < -0.3 is 9.73 Å². The van der Waals surface area contributed by atoms with Gasteiger partial charge in [-0.3, -0.25) is 0 Å². The van der Waals surface area contributed by atoms with E-state index in [1.54, 1.807) is 29.4 Å². The van der Waals surface area contributed by atoms with Crippen molar-refractivity contribution in [2.45, 2.75) is 48.2 Å². The Bertz CT molecular complexity index is 843. The first-order valence-electron chi connectivity index (χ1n) is 8.69. The van der Waals surface area contributed by atoms with E-state index in [0.717, 1.165) is 20.7 Å². The van der Waals surface area contributed by atoms with E-state index < -0.39 is 0 Å². The topological polar surface area (TPSA) is 63.8 Å². The number of benzene rings is 1. The number of hydrogen-bond donors (Lipinski definition) is 1. The van der Waals surface area contributed by atoms with Crippen molar-refractivity contribution in [3.05, 3.63) is 41.2 Å². The first-order chi connectivity index (χ1) is 12.8. The van der Waals surface area contributed by atoms with Crippen LogP contribution in [0, 0.1) is 0 Å². The lowest BCUT2D eigenvalue weighted by molar-refractivity contribution is 0.462. The highest BCUT2D eigenvalue weighted by molar-refractivity contribution is 8.00. The highest BCUT2D eigenvalue weighted by Crippen LogP contribution is 2.31. The summed E-state index contributed by atoms with van der Waals surface area (Å²) in [5.74, 6) is 1.31. The van der Waals surface area contributed by atoms with Crippen LogP contribution in [-0.4, -0.2) is 21.2 Å². The number of aromatic nitrogens is 3. The summed E-state index contributed by atoms with van der Waals surface area (Å²) in [6.45, 7) is 0. The van der Waals surface area contributed by atoms with Gasteiger partial charge in [0, 0.05) is 22.4 Å². The molecule has 2 aromatic heterocycles. The van der Waals surface area contributed by atoms with Crippen molar-refractivity contribution in [1.29, 1.82) is 0 Å². The molecule has 0 aliphatic heterocycles. The van der Waals surface area contributed by atoms with Crippen molar-refractivity contribution in [1.82, 2.24) is 15.2 Å². The maximum atomic E-state index is 5.91. The zero-order valence-electron chi connectivity index (χ0n) is 14.2. The summed E-state index contributed by atoms with van der Waals surface area (Å²) in [6, 6.07) is 8.01. The van der Waals surface area contributed by atoms with Crippen LogP contribution in [0.4, 0.5) is 5.13 Å². The zero-order valence-corrected chi connectivity index (χ0v) is 16.5. The molecule has 8 heteroatoms. The number of rotatable bonds is 6. The van der Waals surface area contributed by atoms with Crippen LogP contribution in [0.2, 0.25) is 5.02 Å². The minimum absolute atomic E-state index is 0.548. The number of oxazole rings is 1. The minimum atomic E-state index is 0.548. The molecule has 0 spiro atoms. The van der Waals surface area contributed by atoms with Crippen LogP contribution in [0.15, 0.2) is 39.3 Å². The largest absolute Gasteiger partial charge is 0.444 e. The van der Waals surface area contributed by atoms with Crippen LogP contribution in [0.3, 0.4) is 0 Å². The predicted octanol–water partition coefficient (Wildman–Crippen LogP) is 5.88. The average Bonchev–Trinajstić information content (AvgIpc) is 3.31. The van der Waals surface area contributed by atoms with Gasteiger partial charge in [0.2, 0.25) is 11.0 Å². The Morgan fingerprint density at radius 2 is 1.96 bits per heavy atom. The van der Waals surface area contributed by atoms with Gasteiger partial charge in [-0.05, 0) is 37.1 Å². The third-order valence-electron chi connectivity index (χ3n) is 4.33. The second-order valence-corrected chi connectivity index (χ2v) is 8.93. The first kappa shape index (κ1) is 17.8. The summed E-state index contributed by atoms with van der Waals surface area (Å²) >= 11 is 9.15. The lowest BCUT2D eigenvalue weighted by Crippen LogP contribution is -2.21. The maximum absolute atomic E-state index is 5.91. The normalized spacial score (nSPS) is 15.3. The molecule has 5 nitrogen and oxygen atoms in total. The van der Waals surface area contributed by atoms with Crippen LogP contribution in [0.25, 0.3) is 11.5 Å². The second-order valence-electron chi connectivity index (χ2n) is 6.29. The molecule has 26 heavy (non-hydrogen) atoms. The van der Waals surface area contributed by atoms with Gasteiger partial charge in [0.15, 0.2) is 4.34 Å². The molecule has 0 saturated heterocycles. The monoisotopic (exact) mass is 406 g/mol. The Morgan fingerprint density at radius 3 is 2.77 bits per heavy atom. The van der Waals surface area contributed by atoms with E-state index >= 15 is 0 Å². The SMILES string of the molecule is Clc1ccc(-c2nc(CSc3nnc(NC4CCCCC4)s3)co2)cc1. The molecule has 3 aromatic rings. The molecule has 4 rings (SSSR count). The molecule has 136 valence electrons. The van der Waals surface area contributed by atoms with Crippen molar-refractivity contribution in [2.75, 3.05) is 5.32 Å². The number of hydrogen-bond acceptors (Lipinski definition) is 7. The van der Waals surface area contributed by atoms with E-state index in [1.807, 2.05) is 24.3 Å². The summed E-state index contributed by atoms with van der Waals surface area (Å²) in [4.78, 5) is 4.54. The maximum Gasteiger partial charge on any atom is 0.226 e. The fourth-order valence-corrected chi connectivity index (χ4v) is 4.81. The lowest BCUT2D eigenvalue weighted by Gasteiger charge is -2.21. The van der Waals surface area contributed by atoms with E-state index in [-0.39, 0.29) is 0 Å². The standard InChI is InChI=1S/C18H19ClN4OS2/c19-13-8-6-12(7-9-13)16-20-15(10-24-16)11-25-18-23-22-17(26-18)21-14-4-2-1-3-5-14/h6-10,14H,1-5,11H2,(H,21,22). The second kappa shape index (κ2) is 8.41. The average molecular weight is 407 g/mol. The van der Waals surface area contributed by atoms with Gasteiger partial charge in [0.05, 0.1) is 5.69 Å². The molecule has 1 N–H and O–H groups in total. The van der Waals surface area contributed by atoms with Gasteiger partial charge >= 0.3 is 0 Å². The molecule has 0 radical (unpaired) electrons. The van der Waals surface area contributed by atoms with E-state index in [4.69, 9.17) is 16.0 Å². The number of halogens is 1. The van der Waals surface area contributed by atoms with Crippen LogP contribution < -0.4 is 5.32 Å². The molecule has 1 aromatic carbocycles. The summed E-state index contributed by atoms with van der Waals surface area (Å²) in [7, 11) is 0. The number of anilines is 1. The Labute approximate surface area is 165 Å². The number of nitrogens with one attached hydrogen (secondary N) is 1. The predicted molar refractivity (Wildman–Crippen MR) is 107 cm³/mol. The molecule has 0 amide bonds. The van der Waals surface area contributed by atoms with Crippen molar-refractivity contribution < 1.29 is 4.42 Å². The molecular formula is C18H19ClN4OS2. The quantitative estimate of drug-likeness (QED) is 0.515. The highest BCUT2D eigenvalue weighted by Gasteiger charge is 2.15. The van der Waals surface area contributed by atoms with Gasteiger partial charge in [0.25, 0.3) is 0 Å². The summed E-state index contributed by atoms with van der Waals surface area (Å²) < 4.78 is 6.52. The smallest absolute Gasteiger partial charge is 0.226 e. The summed E-state index contributed by atoms with van der Waals surface area (Å²) in [5, 5.41) is 13.7. The summed E-state index contributed by atoms with van der Waals surface area (Å²) in [5.41, 5.74) is 1.80. The fraction of sp³-hybridized carbons (Fsp3) is 0.389.